The van der Waals surface area contributed by atoms with Gasteiger partial charge in [-0.3, -0.25) is 9.97 Å². The van der Waals surface area contributed by atoms with Gasteiger partial charge in [0, 0.05) is 38.2 Å². The highest BCUT2D eigenvalue weighted by atomic mass is 16.6. The molecule has 2 saturated heterocycles. The molecule has 4 heterocycles. The second-order valence-electron chi connectivity index (χ2n) is 13.3. The Morgan fingerprint density at radius 1 is 0.907 bits per heavy atom. The number of hydrogen-bond donors (Lipinski definition) is 3. The fourth-order valence-corrected chi connectivity index (χ4v) is 5.77. The van der Waals surface area contributed by atoms with Gasteiger partial charge < -0.3 is 34.6 Å². The first kappa shape index (κ1) is 31.5. The molecular weight excluding hydrogens is 548 g/mol. The number of aliphatic hydroxyl groups excluding tert-OH is 2. The SMILES string of the molecule is CC(C)(C)OC(=O)N1CC[C@H]1COc1cncc(C2C[C@H]2CCO)c1.OCC[C@@H]1CC1c1cncc(OC[C@@H]2CCN2)c1. The number of hydrogen-bond acceptors (Lipinski definition) is 9. The maximum absolute atomic E-state index is 12.1. The predicted molar refractivity (Wildman–Crippen MR) is 162 cm³/mol. The van der Waals surface area contributed by atoms with Crippen LogP contribution in [0.1, 0.15) is 82.3 Å². The predicted octanol–water partition coefficient (Wildman–Crippen LogP) is 4.26. The van der Waals surface area contributed by atoms with Crippen LogP contribution in [0.25, 0.3) is 0 Å². The van der Waals surface area contributed by atoms with Crippen LogP contribution in [0.5, 0.6) is 11.5 Å². The molecule has 2 aromatic heterocycles. The smallest absolute Gasteiger partial charge is 0.410 e. The summed E-state index contributed by atoms with van der Waals surface area (Å²) < 4.78 is 17.0. The lowest BCUT2D eigenvalue weighted by Crippen LogP contribution is -2.55. The van der Waals surface area contributed by atoms with Crippen molar-refractivity contribution in [3.8, 4) is 11.5 Å². The Bertz CT molecular complexity index is 1200. The third kappa shape index (κ3) is 9.03. The monoisotopic (exact) mass is 596 g/mol. The summed E-state index contributed by atoms with van der Waals surface area (Å²) in [5, 5.41) is 21.3. The lowest BCUT2D eigenvalue weighted by atomic mass is 10.1. The van der Waals surface area contributed by atoms with Gasteiger partial charge in [-0.2, -0.15) is 0 Å². The van der Waals surface area contributed by atoms with Crippen molar-refractivity contribution in [2.75, 3.05) is 39.5 Å². The Balaban J connectivity index is 0.000000180. The molecule has 0 spiro atoms. The van der Waals surface area contributed by atoms with E-state index < -0.39 is 5.60 Å². The van der Waals surface area contributed by atoms with E-state index in [0.29, 0.717) is 42.9 Å². The highest BCUT2D eigenvalue weighted by Crippen LogP contribution is 2.50. The van der Waals surface area contributed by atoms with Crippen LogP contribution in [0.4, 0.5) is 4.79 Å². The fourth-order valence-electron chi connectivity index (χ4n) is 5.77. The third-order valence-electron chi connectivity index (χ3n) is 8.76. The van der Waals surface area contributed by atoms with E-state index in [1.165, 1.54) is 24.0 Å². The molecular formula is C33H48N4O6. The number of carbonyl (C=O) groups excluding carboxylic acids is 1. The summed E-state index contributed by atoms with van der Waals surface area (Å²) in [5.41, 5.74) is 1.95. The molecule has 236 valence electrons. The molecule has 43 heavy (non-hydrogen) atoms. The van der Waals surface area contributed by atoms with Gasteiger partial charge in [-0.1, -0.05) is 0 Å². The van der Waals surface area contributed by atoms with Crippen LogP contribution in [0.2, 0.25) is 0 Å². The van der Waals surface area contributed by atoms with Crippen molar-refractivity contribution in [3.63, 3.8) is 0 Å². The van der Waals surface area contributed by atoms with Crippen molar-refractivity contribution in [2.24, 2.45) is 11.8 Å². The molecule has 2 aliphatic carbocycles. The average molecular weight is 597 g/mol. The highest BCUT2D eigenvalue weighted by molar-refractivity contribution is 5.69. The standard InChI is InChI=1S/C19H28N2O4.C14H20N2O2/c1-19(2,3)25-18(23)21-6-4-15(21)12-24-16-8-14(10-20-11-16)17-9-13(17)5-7-22;17-4-2-10-6-14(10)11-5-13(8-15-7-11)18-9-12-1-3-16-12/h8,10-11,13,15,17,22H,4-7,9,12H2,1-3H3;5,7-8,10,12,14,16-17H,1-4,6,9H2/t13-,15+,17?;10-,12+,14?/m11/s1. The van der Waals surface area contributed by atoms with Gasteiger partial charge in [-0.25, -0.2) is 4.79 Å². The lowest BCUT2D eigenvalue weighted by molar-refractivity contribution is -0.0141. The first-order valence-corrected chi connectivity index (χ1v) is 15.8. The van der Waals surface area contributed by atoms with E-state index in [1.54, 1.807) is 17.3 Å². The number of pyridine rings is 2. The normalized spacial score (nSPS) is 27.1. The van der Waals surface area contributed by atoms with Crippen LogP contribution in [0.3, 0.4) is 0 Å². The van der Waals surface area contributed by atoms with Gasteiger partial charge in [0.1, 0.15) is 30.3 Å². The summed E-state index contributed by atoms with van der Waals surface area (Å²) in [6, 6.07) is 4.71. The van der Waals surface area contributed by atoms with Crippen LogP contribution in [-0.2, 0) is 4.74 Å². The summed E-state index contributed by atoms with van der Waals surface area (Å²) >= 11 is 0. The van der Waals surface area contributed by atoms with Crippen LogP contribution in [0.15, 0.2) is 36.9 Å². The molecule has 4 aliphatic rings. The summed E-state index contributed by atoms with van der Waals surface area (Å²) in [6.07, 6.45) is 13.2. The van der Waals surface area contributed by atoms with E-state index in [4.69, 9.17) is 24.4 Å². The molecule has 0 radical (unpaired) electrons. The fraction of sp³-hybridized carbons (Fsp3) is 0.667. The number of aromatic nitrogens is 2. The van der Waals surface area contributed by atoms with Gasteiger partial charge in [-0.15, -0.1) is 0 Å². The molecule has 6 atom stereocenters. The summed E-state index contributed by atoms with van der Waals surface area (Å²) in [4.78, 5) is 22.4. The highest BCUT2D eigenvalue weighted by Gasteiger charge is 2.39. The van der Waals surface area contributed by atoms with Gasteiger partial charge in [0.05, 0.1) is 18.4 Å². The van der Waals surface area contributed by atoms with Gasteiger partial charge in [-0.05, 0) is 113 Å². The number of nitrogens with one attached hydrogen (secondary N) is 1. The molecule has 0 aromatic carbocycles. The maximum atomic E-state index is 12.1. The molecule has 0 bridgehead atoms. The number of ether oxygens (including phenoxy) is 3. The minimum atomic E-state index is -0.480. The quantitative estimate of drug-likeness (QED) is 0.329. The molecule has 1 amide bonds. The second kappa shape index (κ2) is 14.2. The topological polar surface area (TPSA) is 126 Å². The molecule has 2 unspecified atom stereocenters. The average Bonchev–Trinajstić information content (AvgIpc) is 3.84. The van der Waals surface area contributed by atoms with E-state index in [9.17, 15) is 4.79 Å². The van der Waals surface area contributed by atoms with Gasteiger partial charge in [0.2, 0.25) is 0 Å². The number of likely N-dealkylation sites (tertiary alicyclic amines) is 1. The Morgan fingerprint density at radius 2 is 1.47 bits per heavy atom. The number of aliphatic hydroxyl groups is 2. The first-order chi connectivity index (χ1) is 20.7. The molecule has 3 N–H and O–H groups in total. The molecule has 10 nitrogen and oxygen atoms in total. The van der Waals surface area contributed by atoms with Crippen molar-refractivity contribution in [1.82, 2.24) is 20.2 Å². The van der Waals surface area contributed by atoms with Crippen LogP contribution in [-0.4, -0.2) is 88.4 Å². The van der Waals surface area contributed by atoms with E-state index >= 15 is 0 Å². The van der Waals surface area contributed by atoms with Gasteiger partial charge in [0.25, 0.3) is 0 Å². The van der Waals surface area contributed by atoms with E-state index in [-0.39, 0.29) is 25.3 Å². The van der Waals surface area contributed by atoms with Crippen LogP contribution < -0.4 is 14.8 Å². The zero-order valence-electron chi connectivity index (χ0n) is 25.8. The largest absolute Gasteiger partial charge is 0.490 e. The molecule has 2 saturated carbocycles. The Kier molecular flexibility index (Phi) is 10.4. The number of nitrogens with zero attached hydrogens (tertiary/aromatic N) is 3. The summed E-state index contributed by atoms with van der Waals surface area (Å²) in [5.74, 6) is 3.89. The van der Waals surface area contributed by atoms with Gasteiger partial charge >= 0.3 is 6.09 Å². The van der Waals surface area contributed by atoms with Gasteiger partial charge in [0.15, 0.2) is 0 Å². The van der Waals surface area contributed by atoms with Crippen LogP contribution in [0, 0.1) is 11.8 Å². The zero-order valence-corrected chi connectivity index (χ0v) is 25.8. The summed E-state index contributed by atoms with van der Waals surface area (Å²) in [7, 11) is 0. The minimum Gasteiger partial charge on any atom is -0.490 e. The minimum absolute atomic E-state index is 0.0570. The first-order valence-electron chi connectivity index (χ1n) is 15.8. The summed E-state index contributed by atoms with van der Waals surface area (Å²) in [6.45, 7) is 9.15. The Labute approximate surface area is 255 Å². The number of rotatable bonds is 12. The number of carbonyl (C=O) groups is 1. The Hall–Kier alpha value is -2.95. The third-order valence-corrected chi connectivity index (χ3v) is 8.76. The molecule has 10 heteroatoms. The van der Waals surface area contributed by atoms with Crippen molar-refractivity contribution >= 4 is 6.09 Å². The number of amides is 1. The maximum Gasteiger partial charge on any atom is 0.410 e. The van der Waals surface area contributed by atoms with Crippen molar-refractivity contribution < 1.29 is 29.2 Å². The molecule has 4 fully saturated rings. The molecule has 2 aliphatic heterocycles. The van der Waals surface area contributed by atoms with E-state index in [0.717, 1.165) is 50.3 Å². The van der Waals surface area contributed by atoms with Crippen molar-refractivity contribution in [3.05, 3.63) is 48.0 Å². The van der Waals surface area contributed by atoms with Crippen LogP contribution >= 0.6 is 0 Å². The molecule has 6 rings (SSSR count). The van der Waals surface area contributed by atoms with Crippen molar-refractivity contribution in [1.29, 1.82) is 0 Å². The van der Waals surface area contributed by atoms with E-state index in [2.05, 4.69) is 21.4 Å². The lowest BCUT2D eigenvalue weighted by Gasteiger charge is -2.40. The zero-order chi connectivity index (χ0) is 30.4. The second-order valence-corrected chi connectivity index (χ2v) is 13.3. The van der Waals surface area contributed by atoms with Crippen molar-refractivity contribution in [2.45, 2.75) is 88.8 Å². The van der Waals surface area contributed by atoms with E-state index in [1.807, 2.05) is 39.2 Å². The Morgan fingerprint density at radius 3 is 1.91 bits per heavy atom. The molecule has 2 aromatic rings.